The molecule has 0 aliphatic rings. The molecule has 0 unspecified atom stereocenters. The molecule has 0 atom stereocenters. The number of guanidine groups is 1. The van der Waals surface area contributed by atoms with Gasteiger partial charge in [0.2, 0.25) is 0 Å². The molecule has 1 aromatic carbocycles. The molecule has 2 amide bonds. The minimum Gasteiger partial charge on any atom is -0.357 e. The van der Waals surface area contributed by atoms with E-state index >= 15 is 0 Å². The van der Waals surface area contributed by atoms with Gasteiger partial charge in [-0.2, -0.15) is 0 Å². The Bertz CT molecular complexity index is 782. The Hall–Kier alpha value is -2.54. The van der Waals surface area contributed by atoms with Crippen molar-refractivity contribution in [1.82, 2.24) is 16.0 Å². The fourth-order valence-electron chi connectivity index (χ4n) is 2.69. The van der Waals surface area contributed by atoms with Crippen molar-refractivity contribution in [2.45, 2.75) is 52.6 Å². The zero-order chi connectivity index (χ0) is 21.3. The molecule has 158 valence electrons. The van der Waals surface area contributed by atoms with Crippen molar-refractivity contribution in [3.63, 3.8) is 0 Å². The summed E-state index contributed by atoms with van der Waals surface area (Å²) in [6, 6.07) is 11.9. The Morgan fingerprint density at radius 1 is 1.14 bits per heavy atom. The third kappa shape index (κ3) is 7.77. The van der Waals surface area contributed by atoms with Crippen LogP contribution in [0, 0.1) is 0 Å². The predicted molar refractivity (Wildman–Crippen MR) is 124 cm³/mol. The lowest BCUT2D eigenvalue weighted by molar-refractivity contribution is 0.250. The lowest BCUT2D eigenvalue weighted by atomic mass is 9.91. The zero-order valence-corrected chi connectivity index (χ0v) is 18.8. The van der Waals surface area contributed by atoms with Crippen LogP contribution in [-0.2, 0) is 12.0 Å². The first-order valence-electron chi connectivity index (χ1n) is 10.0. The van der Waals surface area contributed by atoms with Gasteiger partial charge in [0.25, 0.3) is 0 Å². The molecule has 0 aliphatic carbocycles. The molecule has 2 aromatic rings. The number of benzene rings is 1. The molecule has 1 aromatic heterocycles. The number of aliphatic imine (C=N–C) groups is 1. The highest BCUT2D eigenvalue weighted by Gasteiger charge is 2.21. The molecule has 29 heavy (non-hydrogen) atoms. The molecule has 6 nitrogen and oxygen atoms in total. The van der Waals surface area contributed by atoms with Crippen LogP contribution in [0.15, 0.2) is 46.8 Å². The van der Waals surface area contributed by atoms with Gasteiger partial charge < -0.3 is 21.3 Å². The van der Waals surface area contributed by atoms with Gasteiger partial charge in [-0.3, -0.25) is 0 Å². The predicted octanol–water partition coefficient (Wildman–Crippen LogP) is 4.31. The van der Waals surface area contributed by atoms with E-state index in [0.29, 0.717) is 6.54 Å². The minimum atomic E-state index is -0.197. The van der Waals surface area contributed by atoms with Crippen molar-refractivity contribution in [2.75, 3.05) is 18.4 Å². The average Bonchev–Trinajstić information content (AvgIpc) is 3.20. The van der Waals surface area contributed by atoms with Gasteiger partial charge in [-0.05, 0) is 49.9 Å². The Kier molecular flexibility index (Phi) is 8.51. The van der Waals surface area contributed by atoms with E-state index in [1.54, 1.807) is 11.3 Å². The van der Waals surface area contributed by atoms with E-state index in [9.17, 15) is 4.79 Å². The molecule has 7 heteroatoms. The molecule has 2 rings (SSSR count). The van der Waals surface area contributed by atoms with E-state index < -0.39 is 0 Å². The van der Waals surface area contributed by atoms with Gasteiger partial charge >= 0.3 is 6.03 Å². The number of urea groups is 1. The van der Waals surface area contributed by atoms with Gasteiger partial charge in [0.1, 0.15) is 0 Å². The molecule has 4 N–H and O–H groups in total. The second-order valence-electron chi connectivity index (χ2n) is 7.86. The Balaban J connectivity index is 1.93. The standard InChI is InChI=1S/C22H33N5OS/c1-6-23-20(25-15-22(4,5)19-8-7-13-29-19)24-14-17-9-11-18(12-10-17)27-21(28)26-16(2)3/h7-13,16H,6,14-15H2,1-5H3,(H2,23,24,25)(H2,26,27,28). The van der Waals surface area contributed by atoms with E-state index in [1.165, 1.54) is 4.88 Å². The van der Waals surface area contributed by atoms with Crippen molar-refractivity contribution >= 4 is 29.0 Å². The SMILES string of the molecule is CCNC(=NCc1ccc(NC(=O)NC(C)C)cc1)NCC(C)(C)c1cccs1. The minimum absolute atomic E-state index is 0.0359. The first kappa shape index (κ1) is 22.7. The number of hydrogen-bond acceptors (Lipinski definition) is 3. The fraction of sp³-hybridized carbons (Fsp3) is 0.455. The molecule has 0 spiro atoms. The van der Waals surface area contributed by atoms with Gasteiger partial charge in [-0.25, -0.2) is 9.79 Å². The van der Waals surface area contributed by atoms with Crippen LogP contribution in [0.25, 0.3) is 0 Å². The smallest absolute Gasteiger partial charge is 0.319 e. The quantitative estimate of drug-likeness (QED) is 0.383. The Morgan fingerprint density at radius 2 is 1.86 bits per heavy atom. The number of thiophene rings is 1. The second-order valence-corrected chi connectivity index (χ2v) is 8.81. The maximum absolute atomic E-state index is 11.8. The molecular formula is C22H33N5OS. The summed E-state index contributed by atoms with van der Waals surface area (Å²) in [5.74, 6) is 0.802. The van der Waals surface area contributed by atoms with Gasteiger partial charge in [-0.1, -0.05) is 32.0 Å². The summed E-state index contributed by atoms with van der Waals surface area (Å²) in [5, 5.41) is 14.5. The van der Waals surface area contributed by atoms with E-state index in [2.05, 4.69) is 59.6 Å². The summed E-state index contributed by atoms with van der Waals surface area (Å²) in [5.41, 5.74) is 1.88. The average molecular weight is 416 g/mol. The van der Waals surface area contributed by atoms with Crippen molar-refractivity contribution in [1.29, 1.82) is 0 Å². The number of rotatable bonds is 8. The molecule has 0 fully saturated rings. The number of anilines is 1. The normalized spacial score (nSPS) is 12.0. The molecule has 0 aliphatic heterocycles. The Morgan fingerprint density at radius 3 is 2.45 bits per heavy atom. The van der Waals surface area contributed by atoms with Crippen molar-refractivity contribution in [3.05, 3.63) is 52.2 Å². The second kappa shape index (κ2) is 10.9. The molecular weight excluding hydrogens is 382 g/mol. The number of carbonyl (C=O) groups is 1. The van der Waals surface area contributed by atoms with Gasteiger partial charge in [0.05, 0.1) is 6.54 Å². The summed E-state index contributed by atoms with van der Waals surface area (Å²) in [4.78, 5) is 17.8. The van der Waals surface area contributed by atoms with Crippen LogP contribution in [0.5, 0.6) is 0 Å². The summed E-state index contributed by atoms with van der Waals surface area (Å²) in [6.45, 7) is 12.5. The van der Waals surface area contributed by atoms with E-state index in [-0.39, 0.29) is 17.5 Å². The number of nitrogens with one attached hydrogen (secondary N) is 4. The van der Waals surface area contributed by atoms with Crippen LogP contribution < -0.4 is 21.3 Å². The Labute approximate surface area is 178 Å². The summed E-state index contributed by atoms with van der Waals surface area (Å²) in [7, 11) is 0. The van der Waals surface area contributed by atoms with Gasteiger partial charge in [-0.15, -0.1) is 11.3 Å². The first-order chi connectivity index (χ1) is 13.8. The molecule has 0 bridgehead atoms. The lowest BCUT2D eigenvalue weighted by Crippen LogP contribution is -2.43. The number of nitrogens with zero attached hydrogens (tertiary/aromatic N) is 1. The lowest BCUT2D eigenvalue weighted by Gasteiger charge is -2.25. The van der Waals surface area contributed by atoms with Crippen LogP contribution in [0.3, 0.4) is 0 Å². The monoisotopic (exact) mass is 415 g/mol. The first-order valence-corrected chi connectivity index (χ1v) is 10.9. The van der Waals surface area contributed by atoms with Gasteiger partial charge in [0.15, 0.2) is 5.96 Å². The molecule has 0 saturated carbocycles. The van der Waals surface area contributed by atoms with Crippen LogP contribution in [-0.4, -0.2) is 31.1 Å². The summed E-state index contributed by atoms with van der Waals surface area (Å²) in [6.07, 6.45) is 0. The molecule has 0 radical (unpaired) electrons. The largest absolute Gasteiger partial charge is 0.357 e. The molecule has 1 heterocycles. The van der Waals surface area contributed by atoms with E-state index in [0.717, 1.165) is 30.3 Å². The van der Waals surface area contributed by atoms with Crippen molar-refractivity contribution < 1.29 is 4.79 Å². The topological polar surface area (TPSA) is 77.5 Å². The highest BCUT2D eigenvalue weighted by Crippen LogP contribution is 2.26. The third-order valence-corrected chi connectivity index (χ3v) is 5.52. The van der Waals surface area contributed by atoms with E-state index in [1.807, 2.05) is 38.1 Å². The van der Waals surface area contributed by atoms with Crippen molar-refractivity contribution in [2.24, 2.45) is 4.99 Å². The van der Waals surface area contributed by atoms with Crippen molar-refractivity contribution in [3.8, 4) is 0 Å². The third-order valence-electron chi connectivity index (χ3n) is 4.28. The fourth-order valence-corrected chi connectivity index (χ4v) is 3.54. The maximum Gasteiger partial charge on any atom is 0.319 e. The maximum atomic E-state index is 11.8. The van der Waals surface area contributed by atoms with E-state index in [4.69, 9.17) is 4.99 Å². The van der Waals surface area contributed by atoms with Crippen LogP contribution in [0.2, 0.25) is 0 Å². The summed E-state index contributed by atoms with van der Waals surface area (Å²) >= 11 is 1.78. The van der Waals surface area contributed by atoms with Crippen LogP contribution >= 0.6 is 11.3 Å². The van der Waals surface area contributed by atoms with Crippen LogP contribution in [0.4, 0.5) is 10.5 Å². The van der Waals surface area contributed by atoms with Crippen LogP contribution in [0.1, 0.15) is 45.1 Å². The van der Waals surface area contributed by atoms with Gasteiger partial charge in [0, 0.05) is 35.1 Å². The number of amides is 2. The highest BCUT2D eigenvalue weighted by atomic mass is 32.1. The number of hydrogen-bond donors (Lipinski definition) is 4. The molecule has 0 saturated heterocycles. The summed E-state index contributed by atoms with van der Waals surface area (Å²) < 4.78 is 0. The zero-order valence-electron chi connectivity index (χ0n) is 18.0. The number of carbonyl (C=O) groups excluding carboxylic acids is 1. The highest BCUT2D eigenvalue weighted by molar-refractivity contribution is 7.10.